The summed E-state index contributed by atoms with van der Waals surface area (Å²) in [4.78, 5) is 18.3. The summed E-state index contributed by atoms with van der Waals surface area (Å²) in [6, 6.07) is 4.42. The molecule has 0 radical (unpaired) electrons. The van der Waals surface area contributed by atoms with Gasteiger partial charge in [-0.05, 0) is 63.9 Å². The average molecular weight is 327 g/mol. The van der Waals surface area contributed by atoms with Crippen molar-refractivity contribution in [1.29, 1.82) is 0 Å². The molecule has 4 heteroatoms. The zero-order valence-corrected chi connectivity index (χ0v) is 15.3. The molecule has 1 aromatic heterocycles. The highest BCUT2D eigenvalue weighted by atomic mass is 16.1. The van der Waals surface area contributed by atoms with Crippen molar-refractivity contribution < 1.29 is 4.79 Å². The fourth-order valence-corrected chi connectivity index (χ4v) is 3.91. The predicted octanol–water partition coefficient (Wildman–Crippen LogP) is 3.31. The fourth-order valence-electron chi connectivity index (χ4n) is 3.91. The van der Waals surface area contributed by atoms with Crippen LogP contribution in [0.25, 0.3) is 10.9 Å². The molecule has 0 unspecified atom stereocenters. The molecule has 1 amide bonds. The van der Waals surface area contributed by atoms with Crippen molar-refractivity contribution >= 4 is 16.8 Å². The van der Waals surface area contributed by atoms with E-state index in [0.29, 0.717) is 6.54 Å². The van der Waals surface area contributed by atoms with Crippen LogP contribution in [0.15, 0.2) is 12.1 Å². The molecule has 1 aromatic carbocycles. The Labute approximate surface area is 144 Å². The lowest BCUT2D eigenvalue weighted by Crippen LogP contribution is -2.41. The van der Waals surface area contributed by atoms with E-state index in [1.54, 1.807) is 0 Å². The zero-order valence-electron chi connectivity index (χ0n) is 15.3. The molecular formula is C20H29N3O. The van der Waals surface area contributed by atoms with E-state index >= 15 is 0 Å². The molecule has 1 saturated heterocycles. The van der Waals surface area contributed by atoms with Crippen LogP contribution >= 0.6 is 0 Å². The molecule has 1 aliphatic rings. The van der Waals surface area contributed by atoms with E-state index in [-0.39, 0.29) is 11.8 Å². The van der Waals surface area contributed by atoms with Gasteiger partial charge >= 0.3 is 0 Å². The summed E-state index contributed by atoms with van der Waals surface area (Å²) in [6.45, 7) is 9.04. The third-order valence-electron chi connectivity index (χ3n) is 5.30. The lowest BCUT2D eigenvalue weighted by molar-refractivity contribution is -0.126. The van der Waals surface area contributed by atoms with Gasteiger partial charge in [-0.1, -0.05) is 18.6 Å². The second kappa shape index (κ2) is 6.98. The second-order valence-corrected chi connectivity index (χ2v) is 7.25. The number of carbonyl (C=O) groups excluding carboxylic acids is 1. The minimum Gasteiger partial charge on any atom is -0.358 e. The molecule has 2 heterocycles. The van der Waals surface area contributed by atoms with Crippen molar-refractivity contribution in [2.24, 2.45) is 5.92 Å². The molecule has 1 atom stereocenters. The number of hydrogen-bond acceptors (Lipinski definition) is 2. The summed E-state index contributed by atoms with van der Waals surface area (Å²) in [6.07, 6.45) is 3.11. The van der Waals surface area contributed by atoms with Crippen LogP contribution in [0.1, 0.15) is 42.1 Å². The summed E-state index contributed by atoms with van der Waals surface area (Å²) < 4.78 is 0. The quantitative estimate of drug-likeness (QED) is 0.905. The number of aromatic nitrogens is 1. The Bertz CT molecular complexity index is 747. The van der Waals surface area contributed by atoms with Crippen molar-refractivity contribution in [3.8, 4) is 0 Å². The van der Waals surface area contributed by atoms with E-state index in [1.807, 2.05) is 0 Å². The second-order valence-electron chi connectivity index (χ2n) is 7.25. The number of nitrogens with zero attached hydrogens (tertiary/aromatic N) is 1. The number of H-pyrrole nitrogens is 1. The number of hydrogen-bond donors (Lipinski definition) is 2. The molecule has 130 valence electrons. The van der Waals surface area contributed by atoms with Crippen LogP contribution in [0.2, 0.25) is 0 Å². The van der Waals surface area contributed by atoms with Gasteiger partial charge in [0.2, 0.25) is 5.91 Å². The average Bonchev–Trinajstić information content (AvgIpc) is 2.88. The number of piperidine rings is 1. The Morgan fingerprint density at radius 1 is 1.38 bits per heavy atom. The first-order valence-electron chi connectivity index (χ1n) is 9.06. The topological polar surface area (TPSA) is 48.1 Å². The number of nitrogens with one attached hydrogen (secondary N) is 2. The van der Waals surface area contributed by atoms with Crippen LogP contribution in [0.3, 0.4) is 0 Å². The van der Waals surface area contributed by atoms with Gasteiger partial charge in [0.1, 0.15) is 0 Å². The first kappa shape index (κ1) is 17.0. The van der Waals surface area contributed by atoms with Crippen molar-refractivity contribution in [2.75, 3.05) is 20.1 Å². The normalized spacial score (nSPS) is 18.9. The molecule has 3 rings (SSSR count). The number of rotatable bonds is 4. The molecule has 2 aromatic rings. The number of aromatic amines is 1. The number of benzene rings is 1. The Morgan fingerprint density at radius 3 is 2.88 bits per heavy atom. The molecule has 2 N–H and O–H groups in total. The summed E-state index contributed by atoms with van der Waals surface area (Å²) >= 11 is 0. The van der Waals surface area contributed by atoms with E-state index in [0.717, 1.165) is 32.4 Å². The van der Waals surface area contributed by atoms with Gasteiger partial charge < -0.3 is 15.2 Å². The van der Waals surface area contributed by atoms with Crippen molar-refractivity contribution in [2.45, 2.75) is 46.6 Å². The minimum absolute atomic E-state index is 0.126. The van der Waals surface area contributed by atoms with Gasteiger partial charge in [0, 0.05) is 24.2 Å². The maximum Gasteiger partial charge on any atom is 0.224 e. The van der Waals surface area contributed by atoms with Crippen LogP contribution in [0.5, 0.6) is 0 Å². The van der Waals surface area contributed by atoms with E-state index in [4.69, 9.17) is 0 Å². The van der Waals surface area contributed by atoms with Crippen molar-refractivity contribution in [3.63, 3.8) is 0 Å². The molecule has 1 fully saturated rings. The fraction of sp³-hybridized carbons (Fsp3) is 0.550. The minimum atomic E-state index is 0.126. The highest BCUT2D eigenvalue weighted by molar-refractivity contribution is 5.88. The molecule has 0 saturated carbocycles. The monoisotopic (exact) mass is 327 g/mol. The van der Waals surface area contributed by atoms with Crippen LogP contribution < -0.4 is 5.32 Å². The van der Waals surface area contributed by atoms with Gasteiger partial charge in [-0.2, -0.15) is 0 Å². The van der Waals surface area contributed by atoms with Gasteiger partial charge in [0.05, 0.1) is 11.4 Å². The van der Waals surface area contributed by atoms with Gasteiger partial charge in [-0.25, -0.2) is 0 Å². The smallest absolute Gasteiger partial charge is 0.224 e. The summed E-state index contributed by atoms with van der Waals surface area (Å²) in [5.74, 6) is 0.316. The van der Waals surface area contributed by atoms with Gasteiger partial charge in [0.15, 0.2) is 0 Å². The lowest BCUT2D eigenvalue weighted by Gasteiger charge is -2.28. The predicted molar refractivity (Wildman–Crippen MR) is 99.2 cm³/mol. The number of amides is 1. The first-order valence-corrected chi connectivity index (χ1v) is 9.06. The molecular weight excluding hydrogens is 298 g/mol. The SMILES string of the molecule is CCc1[nH]c2c(CNC(=O)[C@@H]3CCCN(C)C3)cc(C)cc2c1C. The number of carbonyl (C=O) groups is 1. The van der Waals surface area contributed by atoms with Crippen molar-refractivity contribution in [3.05, 3.63) is 34.5 Å². The van der Waals surface area contributed by atoms with Gasteiger partial charge in [0.25, 0.3) is 0 Å². The van der Waals surface area contributed by atoms with E-state index in [1.165, 1.54) is 33.3 Å². The Hall–Kier alpha value is -1.81. The third kappa shape index (κ3) is 3.34. The molecule has 0 bridgehead atoms. The van der Waals surface area contributed by atoms with Crippen molar-refractivity contribution in [1.82, 2.24) is 15.2 Å². The van der Waals surface area contributed by atoms with Crippen LogP contribution in [-0.2, 0) is 17.8 Å². The molecule has 24 heavy (non-hydrogen) atoms. The third-order valence-corrected chi connectivity index (χ3v) is 5.30. The molecule has 0 spiro atoms. The van der Waals surface area contributed by atoms with Crippen LogP contribution in [-0.4, -0.2) is 35.9 Å². The van der Waals surface area contributed by atoms with E-state index in [2.05, 4.69) is 55.2 Å². The maximum absolute atomic E-state index is 12.5. The van der Waals surface area contributed by atoms with Crippen LogP contribution in [0, 0.1) is 19.8 Å². The highest BCUT2D eigenvalue weighted by Crippen LogP contribution is 2.27. The largest absolute Gasteiger partial charge is 0.358 e. The molecule has 4 nitrogen and oxygen atoms in total. The summed E-state index contributed by atoms with van der Waals surface area (Å²) in [7, 11) is 2.09. The number of fused-ring (bicyclic) bond motifs is 1. The van der Waals surface area contributed by atoms with Gasteiger partial charge in [-0.3, -0.25) is 4.79 Å². The number of aryl methyl sites for hydroxylation is 3. The Balaban J connectivity index is 1.78. The van der Waals surface area contributed by atoms with Crippen LogP contribution in [0.4, 0.5) is 0 Å². The first-order chi connectivity index (χ1) is 11.5. The van der Waals surface area contributed by atoms with E-state index < -0.39 is 0 Å². The summed E-state index contributed by atoms with van der Waals surface area (Å²) in [5, 5.41) is 4.46. The molecule has 1 aliphatic heterocycles. The zero-order chi connectivity index (χ0) is 17.3. The lowest BCUT2D eigenvalue weighted by atomic mass is 9.97. The molecule has 0 aliphatic carbocycles. The van der Waals surface area contributed by atoms with Gasteiger partial charge in [-0.15, -0.1) is 0 Å². The number of likely N-dealkylation sites (tertiary alicyclic amines) is 1. The maximum atomic E-state index is 12.5. The summed E-state index contributed by atoms with van der Waals surface area (Å²) in [5.41, 5.74) is 6.23. The highest BCUT2D eigenvalue weighted by Gasteiger charge is 2.23. The standard InChI is InChI=1S/C20H29N3O/c1-5-18-14(3)17-10-13(2)9-16(19(17)22-18)11-21-20(24)15-7-6-8-23(4)12-15/h9-10,15,22H,5-8,11-12H2,1-4H3,(H,21,24)/t15-/m1/s1. The Morgan fingerprint density at radius 2 is 2.17 bits per heavy atom. The Kier molecular flexibility index (Phi) is 4.95. The van der Waals surface area contributed by atoms with E-state index in [9.17, 15) is 4.79 Å².